The second-order valence-corrected chi connectivity index (χ2v) is 9.96. The molecule has 2 heterocycles. The van der Waals surface area contributed by atoms with Gasteiger partial charge in [0, 0.05) is 32.4 Å². The monoisotopic (exact) mass is 442 g/mol. The maximum Gasteiger partial charge on any atom is 0.243 e. The van der Waals surface area contributed by atoms with E-state index in [2.05, 4.69) is 23.6 Å². The fourth-order valence-corrected chi connectivity index (χ4v) is 5.70. The zero-order chi connectivity index (χ0) is 21.9. The van der Waals surface area contributed by atoms with Gasteiger partial charge in [-0.2, -0.15) is 4.31 Å². The largest absolute Gasteiger partial charge is 0.383 e. The normalized spacial score (nSPS) is 23.0. The zero-order valence-corrected chi connectivity index (χ0v) is 18.9. The van der Waals surface area contributed by atoms with E-state index in [9.17, 15) is 8.42 Å². The Balaban J connectivity index is 1.63. The van der Waals surface area contributed by atoms with Gasteiger partial charge in [0.1, 0.15) is 5.84 Å². The summed E-state index contributed by atoms with van der Waals surface area (Å²) < 4.78 is 33.4. The van der Waals surface area contributed by atoms with E-state index in [1.165, 1.54) is 0 Å². The van der Waals surface area contributed by atoms with Gasteiger partial charge in [-0.05, 0) is 42.2 Å². The van der Waals surface area contributed by atoms with E-state index in [0.29, 0.717) is 44.1 Å². The molecular weight excluding hydrogens is 412 g/mol. The average Bonchev–Trinajstić information content (AvgIpc) is 3.18. The van der Waals surface area contributed by atoms with Crippen molar-refractivity contribution in [3.05, 3.63) is 59.7 Å². The standard InChI is InChI=1S/C23H30N4O3S/c1-3-18-8-10-20(11-9-18)31(28,29)27-14-12-23(17-27)22(24-13-15-30-2)26-21-7-5-4-6-19(21)16-25-23/h4-11,25H,3,12-17H2,1-2H3,(H,24,26)/t23-/m1/s1. The van der Waals surface area contributed by atoms with Gasteiger partial charge in [0.2, 0.25) is 10.0 Å². The predicted octanol–water partition coefficient (Wildman–Crippen LogP) is 2.64. The van der Waals surface area contributed by atoms with Crippen molar-refractivity contribution in [2.75, 3.05) is 38.7 Å². The molecule has 2 aromatic rings. The molecule has 166 valence electrons. The van der Waals surface area contributed by atoms with Gasteiger partial charge in [-0.1, -0.05) is 37.3 Å². The number of hydrogen-bond donors (Lipinski definition) is 2. The Labute approximate surface area is 184 Å². The number of nitrogens with one attached hydrogen (secondary N) is 2. The minimum absolute atomic E-state index is 0.331. The van der Waals surface area contributed by atoms with Crippen molar-refractivity contribution in [2.45, 2.75) is 36.7 Å². The van der Waals surface area contributed by atoms with E-state index in [-0.39, 0.29) is 0 Å². The Hall–Kier alpha value is -2.26. The van der Waals surface area contributed by atoms with Gasteiger partial charge in [0.15, 0.2) is 0 Å². The molecule has 8 heteroatoms. The Kier molecular flexibility index (Phi) is 6.43. The molecule has 0 aromatic heterocycles. The van der Waals surface area contributed by atoms with Crippen molar-refractivity contribution in [3.63, 3.8) is 0 Å². The molecule has 0 aliphatic carbocycles. The molecule has 2 aliphatic rings. The molecule has 2 aliphatic heterocycles. The number of hydrogen-bond acceptors (Lipinski definition) is 5. The molecule has 1 saturated heterocycles. The van der Waals surface area contributed by atoms with Crippen molar-refractivity contribution in [1.82, 2.24) is 9.62 Å². The molecule has 2 aromatic carbocycles. The minimum Gasteiger partial charge on any atom is -0.383 e. The second-order valence-electron chi connectivity index (χ2n) is 8.03. The molecule has 0 saturated carbocycles. The molecule has 0 bridgehead atoms. The van der Waals surface area contributed by atoms with E-state index >= 15 is 0 Å². The highest BCUT2D eigenvalue weighted by atomic mass is 32.2. The molecule has 1 fully saturated rings. The number of ether oxygens (including phenoxy) is 1. The molecule has 7 nitrogen and oxygen atoms in total. The number of methoxy groups -OCH3 is 1. The quantitative estimate of drug-likeness (QED) is 0.672. The van der Waals surface area contributed by atoms with Gasteiger partial charge >= 0.3 is 0 Å². The Morgan fingerprint density at radius 3 is 2.68 bits per heavy atom. The lowest BCUT2D eigenvalue weighted by Gasteiger charge is -2.30. The number of rotatable bonds is 6. The zero-order valence-electron chi connectivity index (χ0n) is 18.1. The van der Waals surface area contributed by atoms with Crippen molar-refractivity contribution >= 4 is 21.5 Å². The third kappa shape index (κ3) is 4.39. The van der Waals surface area contributed by atoms with Gasteiger partial charge in [0.05, 0.1) is 23.6 Å². The SMILES string of the molecule is CCc1ccc(S(=O)(=O)N2CC[C@]3(C2)NCc2ccccc2NC3=NCCOC)cc1. The van der Waals surface area contributed by atoms with E-state index in [0.717, 1.165) is 29.1 Å². The van der Waals surface area contributed by atoms with Crippen molar-refractivity contribution in [1.29, 1.82) is 0 Å². The summed E-state index contributed by atoms with van der Waals surface area (Å²) in [5, 5.41) is 7.11. The Morgan fingerprint density at radius 1 is 1.16 bits per heavy atom. The van der Waals surface area contributed by atoms with Gasteiger partial charge in [-0.25, -0.2) is 8.42 Å². The summed E-state index contributed by atoms with van der Waals surface area (Å²) in [4.78, 5) is 5.11. The van der Waals surface area contributed by atoms with Crippen LogP contribution in [-0.2, 0) is 27.7 Å². The first-order valence-electron chi connectivity index (χ1n) is 10.7. The summed E-state index contributed by atoms with van der Waals surface area (Å²) in [5.41, 5.74) is 2.69. The molecule has 1 spiro atoms. The highest BCUT2D eigenvalue weighted by molar-refractivity contribution is 7.89. The summed E-state index contributed by atoms with van der Waals surface area (Å²) in [7, 11) is -1.93. The fraction of sp³-hybridized carbons (Fsp3) is 0.435. The van der Waals surface area contributed by atoms with Crippen molar-refractivity contribution in [2.24, 2.45) is 4.99 Å². The van der Waals surface area contributed by atoms with Crippen LogP contribution in [0.2, 0.25) is 0 Å². The van der Waals surface area contributed by atoms with Crippen LogP contribution in [0.3, 0.4) is 0 Å². The summed E-state index contributed by atoms with van der Waals surface area (Å²) >= 11 is 0. The lowest BCUT2D eigenvalue weighted by molar-refractivity contribution is 0.207. The number of para-hydroxylation sites is 1. The number of aliphatic imine (C=N–C) groups is 1. The summed E-state index contributed by atoms with van der Waals surface area (Å²) in [5.74, 6) is 0.772. The van der Waals surface area contributed by atoms with E-state index in [1.54, 1.807) is 23.5 Å². The Bertz CT molecular complexity index is 1050. The highest BCUT2D eigenvalue weighted by Crippen LogP contribution is 2.32. The first kappa shape index (κ1) is 22.0. The molecule has 0 amide bonds. The third-order valence-electron chi connectivity index (χ3n) is 6.11. The van der Waals surface area contributed by atoms with Gasteiger partial charge in [-0.3, -0.25) is 10.3 Å². The van der Waals surface area contributed by atoms with Crippen LogP contribution in [0.1, 0.15) is 24.5 Å². The molecule has 4 rings (SSSR count). The number of nitrogens with zero attached hydrogens (tertiary/aromatic N) is 2. The van der Waals surface area contributed by atoms with Gasteiger partial charge < -0.3 is 10.1 Å². The molecule has 1 atom stereocenters. The van der Waals surface area contributed by atoms with Crippen LogP contribution in [-0.4, -0.2) is 57.4 Å². The van der Waals surface area contributed by atoms with Crippen LogP contribution in [0.5, 0.6) is 0 Å². The maximum absolute atomic E-state index is 13.3. The van der Waals surface area contributed by atoms with Crippen molar-refractivity contribution < 1.29 is 13.2 Å². The first-order chi connectivity index (χ1) is 15.0. The van der Waals surface area contributed by atoms with E-state index in [1.807, 2.05) is 30.3 Å². The van der Waals surface area contributed by atoms with Crippen LogP contribution in [0.25, 0.3) is 0 Å². The van der Waals surface area contributed by atoms with E-state index in [4.69, 9.17) is 9.73 Å². The molecule has 0 unspecified atom stereocenters. The number of anilines is 1. The topological polar surface area (TPSA) is 83.0 Å². The minimum atomic E-state index is -3.58. The first-order valence-corrected chi connectivity index (χ1v) is 12.2. The summed E-state index contributed by atoms with van der Waals surface area (Å²) in [6.07, 6.45) is 1.52. The van der Waals surface area contributed by atoms with E-state index < -0.39 is 15.6 Å². The number of aryl methyl sites for hydroxylation is 1. The van der Waals surface area contributed by atoms with Crippen LogP contribution >= 0.6 is 0 Å². The van der Waals surface area contributed by atoms with Gasteiger partial charge in [0.25, 0.3) is 0 Å². The third-order valence-corrected chi connectivity index (χ3v) is 7.97. The lowest BCUT2D eigenvalue weighted by Crippen LogP contribution is -2.55. The highest BCUT2D eigenvalue weighted by Gasteiger charge is 2.47. The fourth-order valence-electron chi connectivity index (χ4n) is 4.19. The average molecular weight is 443 g/mol. The molecular formula is C23H30N4O3S. The molecule has 31 heavy (non-hydrogen) atoms. The van der Waals surface area contributed by atoms with Crippen LogP contribution < -0.4 is 10.6 Å². The summed E-state index contributed by atoms with van der Waals surface area (Å²) in [6, 6.07) is 15.3. The smallest absolute Gasteiger partial charge is 0.243 e. The van der Waals surface area contributed by atoms with Crippen LogP contribution in [0.4, 0.5) is 5.69 Å². The second kappa shape index (κ2) is 9.08. The summed E-state index contributed by atoms with van der Waals surface area (Å²) in [6.45, 7) is 4.49. The number of benzene rings is 2. The number of sulfonamides is 1. The number of amidine groups is 1. The van der Waals surface area contributed by atoms with Crippen LogP contribution in [0, 0.1) is 0 Å². The Morgan fingerprint density at radius 2 is 1.94 bits per heavy atom. The van der Waals surface area contributed by atoms with Crippen molar-refractivity contribution in [3.8, 4) is 0 Å². The predicted molar refractivity (Wildman–Crippen MR) is 123 cm³/mol. The number of fused-ring (bicyclic) bond motifs is 1. The maximum atomic E-state index is 13.3. The van der Waals surface area contributed by atoms with Gasteiger partial charge in [-0.15, -0.1) is 0 Å². The van der Waals surface area contributed by atoms with Crippen LogP contribution in [0.15, 0.2) is 58.4 Å². The molecule has 2 N–H and O–H groups in total. The molecule has 0 radical (unpaired) electrons. The lowest BCUT2D eigenvalue weighted by atomic mass is 9.97.